The number of carbonyl (C=O) groups is 1. The molecule has 1 heterocycles. The SMILES string of the molecule is COc1cc(/C=C(/C(=O)NCc2ccccc2)c2nc3ccccc3[nH]2)cc(OC)c1O. The van der Waals surface area contributed by atoms with E-state index >= 15 is 0 Å². The summed E-state index contributed by atoms with van der Waals surface area (Å²) in [6.07, 6.45) is 1.68. The van der Waals surface area contributed by atoms with Crippen LogP contribution in [0.3, 0.4) is 0 Å². The van der Waals surface area contributed by atoms with Crippen molar-refractivity contribution in [3.05, 3.63) is 83.7 Å². The standard InChI is InChI=1S/C25H23N3O4/c1-31-21-13-17(14-22(32-2)23(21)29)12-18(24-27-19-10-6-7-11-20(19)28-24)25(30)26-15-16-8-4-3-5-9-16/h3-14,29H,15H2,1-2H3,(H,26,30)(H,27,28)/b18-12+. The number of H-pyrrole nitrogens is 1. The number of benzene rings is 3. The molecule has 0 bridgehead atoms. The minimum Gasteiger partial charge on any atom is -0.502 e. The molecule has 162 valence electrons. The maximum atomic E-state index is 13.2. The molecule has 4 rings (SSSR count). The predicted molar refractivity (Wildman–Crippen MR) is 123 cm³/mol. The normalized spacial score (nSPS) is 11.4. The third-order valence-electron chi connectivity index (χ3n) is 5.00. The first kappa shape index (κ1) is 21.0. The van der Waals surface area contributed by atoms with Gasteiger partial charge in [-0.05, 0) is 41.5 Å². The lowest BCUT2D eigenvalue weighted by Crippen LogP contribution is -2.24. The van der Waals surface area contributed by atoms with Gasteiger partial charge in [0.2, 0.25) is 5.75 Å². The molecule has 7 nitrogen and oxygen atoms in total. The lowest BCUT2D eigenvalue weighted by Gasteiger charge is -2.11. The van der Waals surface area contributed by atoms with Crippen molar-refractivity contribution < 1.29 is 19.4 Å². The van der Waals surface area contributed by atoms with E-state index in [1.807, 2.05) is 54.6 Å². The minimum atomic E-state index is -0.293. The summed E-state index contributed by atoms with van der Waals surface area (Å²) < 4.78 is 10.5. The quantitative estimate of drug-likeness (QED) is 0.384. The third-order valence-corrected chi connectivity index (χ3v) is 5.00. The van der Waals surface area contributed by atoms with Gasteiger partial charge in [-0.2, -0.15) is 0 Å². The van der Waals surface area contributed by atoms with E-state index in [2.05, 4.69) is 15.3 Å². The second-order valence-corrected chi connectivity index (χ2v) is 7.10. The summed E-state index contributed by atoms with van der Waals surface area (Å²) >= 11 is 0. The van der Waals surface area contributed by atoms with Crippen LogP contribution in [0.5, 0.6) is 17.2 Å². The molecule has 7 heteroatoms. The summed E-state index contributed by atoms with van der Waals surface area (Å²) in [4.78, 5) is 21.0. The molecule has 4 aromatic rings. The highest BCUT2D eigenvalue weighted by Gasteiger charge is 2.18. The number of aromatic nitrogens is 2. The molecule has 0 radical (unpaired) electrons. The van der Waals surface area contributed by atoms with Crippen LogP contribution in [0, 0.1) is 0 Å². The molecule has 0 fully saturated rings. The number of hydrogen-bond donors (Lipinski definition) is 3. The van der Waals surface area contributed by atoms with Crippen molar-refractivity contribution in [1.82, 2.24) is 15.3 Å². The number of aromatic amines is 1. The summed E-state index contributed by atoms with van der Waals surface area (Å²) in [5, 5.41) is 13.2. The van der Waals surface area contributed by atoms with Crippen LogP contribution in [0.15, 0.2) is 66.7 Å². The number of methoxy groups -OCH3 is 2. The molecule has 0 aliphatic carbocycles. The first-order chi connectivity index (χ1) is 15.6. The van der Waals surface area contributed by atoms with E-state index in [1.54, 1.807) is 18.2 Å². The maximum Gasteiger partial charge on any atom is 0.255 e. The molecule has 32 heavy (non-hydrogen) atoms. The summed E-state index contributed by atoms with van der Waals surface area (Å²) in [7, 11) is 2.91. The molecule has 1 aromatic heterocycles. The molecule has 0 atom stereocenters. The second-order valence-electron chi connectivity index (χ2n) is 7.10. The Balaban J connectivity index is 1.75. The third kappa shape index (κ3) is 4.41. The summed E-state index contributed by atoms with van der Waals surface area (Å²) in [6.45, 7) is 0.374. The number of imidazole rings is 1. The van der Waals surface area contributed by atoms with E-state index in [9.17, 15) is 9.90 Å². The van der Waals surface area contributed by atoms with E-state index in [-0.39, 0.29) is 23.2 Å². The molecule has 0 spiro atoms. The lowest BCUT2D eigenvalue weighted by atomic mass is 10.1. The highest BCUT2D eigenvalue weighted by molar-refractivity contribution is 6.23. The van der Waals surface area contributed by atoms with Gasteiger partial charge in [0, 0.05) is 6.54 Å². The Morgan fingerprint density at radius 3 is 2.34 bits per heavy atom. The van der Waals surface area contributed by atoms with E-state index < -0.39 is 0 Å². The highest BCUT2D eigenvalue weighted by atomic mass is 16.5. The van der Waals surface area contributed by atoms with Gasteiger partial charge in [-0.25, -0.2) is 4.98 Å². The fourth-order valence-electron chi connectivity index (χ4n) is 3.36. The first-order valence-corrected chi connectivity index (χ1v) is 10.0. The van der Waals surface area contributed by atoms with Crippen LogP contribution in [0.2, 0.25) is 0 Å². The van der Waals surface area contributed by atoms with Crippen molar-refractivity contribution in [2.75, 3.05) is 14.2 Å². The Kier molecular flexibility index (Phi) is 6.07. The zero-order chi connectivity index (χ0) is 22.5. The molecule has 0 unspecified atom stereocenters. The number of nitrogens with zero attached hydrogens (tertiary/aromatic N) is 1. The number of aromatic hydroxyl groups is 1. The van der Waals surface area contributed by atoms with Crippen molar-refractivity contribution in [2.45, 2.75) is 6.54 Å². The first-order valence-electron chi connectivity index (χ1n) is 10.0. The molecule has 1 amide bonds. The Labute approximate surface area is 185 Å². The van der Waals surface area contributed by atoms with Gasteiger partial charge in [0.05, 0.1) is 30.8 Å². The van der Waals surface area contributed by atoms with Crippen molar-refractivity contribution in [3.63, 3.8) is 0 Å². The molecule has 3 aromatic carbocycles. The largest absolute Gasteiger partial charge is 0.502 e. The van der Waals surface area contributed by atoms with Crippen LogP contribution in [0.25, 0.3) is 22.7 Å². The molecule has 0 aliphatic rings. The van der Waals surface area contributed by atoms with Gasteiger partial charge in [0.15, 0.2) is 11.5 Å². The van der Waals surface area contributed by atoms with Crippen LogP contribution in [0.1, 0.15) is 17.0 Å². The number of rotatable bonds is 7. The number of ether oxygens (including phenoxy) is 2. The predicted octanol–water partition coefficient (Wildman–Crippen LogP) is 4.14. The average Bonchev–Trinajstić information content (AvgIpc) is 3.26. The van der Waals surface area contributed by atoms with Crippen molar-refractivity contribution in [3.8, 4) is 17.2 Å². The average molecular weight is 429 g/mol. The van der Waals surface area contributed by atoms with Gasteiger partial charge in [0.25, 0.3) is 5.91 Å². The zero-order valence-electron chi connectivity index (χ0n) is 17.8. The van der Waals surface area contributed by atoms with E-state index in [4.69, 9.17) is 9.47 Å². The fraction of sp³-hybridized carbons (Fsp3) is 0.120. The molecule has 0 saturated carbocycles. The Morgan fingerprint density at radius 1 is 1.03 bits per heavy atom. The smallest absolute Gasteiger partial charge is 0.255 e. The summed E-state index contributed by atoms with van der Waals surface area (Å²) in [6, 6.07) is 20.5. The zero-order valence-corrected chi connectivity index (χ0v) is 17.8. The lowest BCUT2D eigenvalue weighted by molar-refractivity contribution is -0.115. The van der Waals surface area contributed by atoms with Gasteiger partial charge in [-0.15, -0.1) is 0 Å². The van der Waals surface area contributed by atoms with Gasteiger partial charge >= 0.3 is 0 Å². The monoisotopic (exact) mass is 429 g/mol. The Bertz CT molecular complexity index is 1220. The number of amides is 1. The number of carbonyl (C=O) groups excluding carboxylic acids is 1. The van der Waals surface area contributed by atoms with Crippen molar-refractivity contribution in [1.29, 1.82) is 0 Å². The Morgan fingerprint density at radius 2 is 1.69 bits per heavy atom. The second kappa shape index (κ2) is 9.26. The van der Waals surface area contributed by atoms with Crippen molar-refractivity contribution in [2.24, 2.45) is 0 Å². The molecular formula is C25H23N3O4. The fourth-order valence-corrected chi connectivity index (χ4v) is 3.36. The van der Waals surface area contributed by atoms with Gasteiger partial charge in [0.1, 0.15) is 5.82 Å². The van der Waals surface area contributed by atoms with E-state index in [0.717, 1.165) is 16.6 Å². The summed E-state index contributed by atoms with van der Waals surface area (Å²) in [5.74, 6) is 0.515. The Hall–Kier alpha value is -4.26. The minimum absolute atomic E-state index is 0.106. The van der Waals surface area contributed by atoms with Crippen LogP contribution >= 0.6 is 0 Å². The van der Waals surface area contributed by atoms with Crippen LogP contribution in [-0.2, 0) is 11.3 Å². The number of phenolic OH excluding ortho intramolecular Hbond substituents is 1. The number of para-hydroxylation sites is 2. The molecule has 0 saturated heterocycles. The van der Waals surface area contributed by atoms with Gasteiger partial charge in [-0.3, -0.25) is 4.79 Å². The molecular weight excluding hydrogens is 406 g/mol. The van der Waals surface area contributed by atoms with E-state index in [1.165, 1.54) is 14.2 Å². The maximum absolute atomic E-state index is 13.2. The number of phenols is 1. The number of nitrogens with one attached hydrogen (secondary N) is 2. The molecule has 0 aliphatic heterocycles. The van der Waals surface area contributed by atoms with Crippen LogP contribution in [0.4, 0.5) is 0 Å². The topological polar surface area (TPSA) is 96.5 Å². The van der Waals surface area contributed by atoms with E-state index in [0.29, 0.717) is 23.5 Å². The van der Waals surface area contributed by atoms with Gasteiger partial charge in [-0.1, -0.05) is 42.5 Å². The summed E-state index contributed by atoms with van der Waals surface area (Å²) in [5.41, 5.74) is 3.52. The van der Waals surface area contributed by atoms with Gasteiger partial charge < -0.3 is 24.9 Å². The molecule has 3 N–H and O–H groups in total. The van der Waals surface area contributed by atoms with Crippen LogP contribution < -0.4 is 14.8 Å². The number of hydrogen-bond acceptors (Lipinski definition) is 5. The highest BCUT2D eigenvalue weighted by Crippen LogP contribution is 2.38. The number of fused-ring (bicyclic) bond motifs is 1. The van der Waals surface area contributed by atoms with Crippen LogP contribution in [-0.4, -0.2) is 35.2 Å². The van der Waals surface area contributed by atoms with Crippen molar-refractivity contribution >= 4 is 28.6 Å².